The van der Waals surface area contributed by atoms with E-state index in [9.17, 15) is 8.42 Å². The number of hydrogen-bond donors (Lipinski definition) is 0. The first-order valence-corrected chi connectivity index (χ1v) is 8.55. The second kappa shape index (κ2) is 4.80. The van der Waals surface area contributed by atoms with E-state index >= 15 is 0 Å². The Morgan fingerprint density at radius 2 is 2.32 bits per heavy atom. The van der Waals surface area contributed by atoms with Crippen molar-refractivity contribution in [2.45, 2.75) is 19.3 Å². The average Bonchev–Trinajstić information content (AvgIpc) is 2.70. The minimum Gasteiger partial charge on any atom is -0.304 e. The molecule has 3 rings (SSSR count). The Labute approximate surface area is 117 Å². The van der Waals surface area contributed by atoms with E-state index in [0.717, 1.165) is 24.2 Å². The van der Waals surface area contributed by atoms with E-state index in [1.807, 2.05) is 22.7 Å². The summed E-state index contributed by atoms with van der Waals surface area (Å²) in [4.78, 5) is 4.39. The van der Waals surface area contributed by atoms with E-state index in [0.29, 0.717) is 17.2 Å². The summed E-state index contributed by atoms with van der Waals surface area (Å²) in [5, 5.41) is 0.680. The van der Waals surface area contributed by atoms with Gasteiger partial charge in [0.15, 0.2) is 9.84 Å². The number of pyridine rings is 1. The first kappa shape index (κ1) is 12.9. The van der Waals surface area contributed by atoms with Crippen LogP contribution in [-0.2, 0) is 16.3 Å². The largest absolute Gasteiger partial charge is 0.304 e. The fraction of sp³-hybridized carbons (Fsp3) is 0.462. The molecule has 6 heteroatoms. The number of nitrogens with zero attached hydrogens (tertiary/aromatic N) is 2. The van der Waals surface area contributed by atoms with Crippen LogP contribution in [0.4, 0.5) is 0 Å². The van der Waals surface area contributed by atoms with Gasteiger partial charge in [-0.1, -0.05) is 11.6 Å². The maximum absolute atomic E-state index is 11.7. The lowest BCUT2D eigenvalue weighted by atomic mass is 10.0. The number of halogens is 1. The van der Waals surface area contributed by atoms with Gasteiger partial charge in [-0.2, -0.15) is 0 Å². The highest BCUT2D eigenvalue weighted by Crippen LogP contribution is 2.23. The standard InChI is InChI=1S/C13H15ClN2O2S/c14-11-3-4-16-12(7-11)8-15-13(16)6-10-2-1-5-19(17,18)9-10/h3-4,7-8,10H,1-2,5-6,9H2. The van der Waals surface area contributed by atoms with Crippen LogP contribution >= 0.6 is 11.6 Å². The smallest absolute Gasteiger partial charge is 0.150 e. The zero-order valence-corrected chi connectivity index (χ0v) is 12.0. The van der Waals surface area contributed by atoms with Gasteiger partial charge in [0.05, 0.1) is 23.2 Å². The van der Waals surface area contributed by atoms with Crippen LogP contribution in [0.15, 0.2) is 24.5 Å². The molecule has 0 aromatic carbocycles. The van der Waals surface area contributed by atoms with Crippen LogP contribution in [-0.4, -0.2) is 29.3 Å². The average molecular weight is 299 g/mol. The Hall–Kier alpha value is -1.07. The van der Waals surface area contributed by atoms with Crippen molar-refractivity contribution in [3.63, 3.8) is 0 Å². The van der Waals surface area contributed by atoms with E-state index in [2.05, 4.69) is 4.98 Å². The van der Waals surface area contributed by atoms with Gasteiger partial charge in [-0.3, -0.25) is 0 Å². The lowest BCUT2D eigenvalue weighted by Gasteiger charge is -2.21. The second-order valence-corrected chi connectivity index (χ2v) is 7.81. The summed E-state index contributed by atoms with van der Waals surface area (Å²) in [5.74, 6) is 1.71. The predicted octanol–water partition coefficient (Wildman–Crippen LogP) is 2.36. The highest BCUT2D eigenvalue weighted by Gasteiger charge is 2.25. The van der Waals surface area contributed by atoms with Crippen molar-refractivity contribution in [1.29, 1.82) is 0 Å². The van der Waals surface area contributed by atoms with Crippen molar-refractivity contribution in [2.75, 3.05) is 11.5 Å². The summed E-state index contributed by atoms with van der Waals surface area (Å²) in [7, 11) is -2.85. The third-order valence-corrected chi connectivity index (χ3v) is 5.72. The van der Waals surface area contributed by atoms with Gasteiger partial charge in [0.1, 0.15) is 5.82 Å². The normalized spacial score (nSPS) is 22.7. The van der Waals surface area contributed by atoms with Gasteiger partial charge >= 0.3 is 0 Å². The molecule has 0 aliphatic carbocycles. The monoisotopic (exact) mass is 298 g/mol. The molecule has 1 fully saturated rings. The molecule has 2 aromatic heterocycles. The molecule has 0 spiro atoms. The number of sulfone groups is 1. The summed E-state index contributed by atoms with van der Waals surface area (Å²) in [6.45, 7) is 0. The number of hydrogen-bond acceptors (Lipinski definition) is 3. The van der Waals surface area contributed by atoms with E-state index in [-0.39, 0.29) is 11.7 Å². The topological polar surface area (TPSA) is 51.4 Å². The lowest BCUT2D eigenvalue weighted by molar-refractivity contribution is 0.475. The van der Waals surface area contributed by atoms with E-state index in [1.54, 1.807) is 6.20 Å². The number of rotatable bonds is 2. The number of fused-ring (bicyclic) bond motifs is 1. The summed E-state index contributed by atoms with van der Waals surface area (Å²) in [5.41, 5.74) is 0.946. The number of imidazole rings is 1. The molecule has 2 aromatic rings. The molecule has 1 saturated heterocycles. The molecule has 0 amide bonds. The van der Waals surface area contributed by atoms with E-state index < -0.39 is 9.84 Å². The van der Waals surface area contributed by atoms with Gasteiger partial charge in [-0.25, -0.2) is 13.4 Å². The third-order valence-electron chi connectivity index (χ3n) is 3.60. The molecule has 0 saturated carbocycles. The molecule has 1 aliphatic rings. The zero-order valence-electron chi connectivity index (χ0n) is 10.4. The Morgan fingerprint density at radius 1 is 1.47 bits per heavy atom. The molecule has 1 atom stereocenters. The molecule has 0 bridgehead atoms. The molecule has 19 heavy (non-hydrogen) atoms. The Morgan fingerprint density at radius 3 is 3.11 bits per heavy atom. The van der Waals surface area contributed by atoms with Crippen LogP contribution in [0.5, 0.6) is 0 Å². The van der Waals surface area contributed by atoms with Gasteiger partial charge in [-0.15, -0.1) is 0 Å². The van der Waals surface area contributed by atoms with Gasteiger partial charge in [0, 0.05) is 17.6 Å². The zero-order chi connectivity index (χ0) is 13.5. The highest BCUT2D eigenvalue weighted by atomic mass is 35.5. The van der Waals surface area contributed by atoms with E-state index in [1.165, 1.54) is 0 Å². The van der Waals surface area contributed by atoms with Crippen LogP contribution in [0.3, 0.4) is 0 Å². The van der Waals surface area contributed by atoms with Crippen LogP contribution in [0.1, 0.15) is 18.7 Å². The van der Waals surface area contributed by atoms with Crippen molar-refractivity contribution in [3.05, 3.63) is 35.4 Å². The fourth-order valence-corrected chi connectivity index (χ4v) is 4.66. The predicted molar refractivity (Wildman–Crippen MR) is 75.3 cm³/mol. The van der Waals surface area contributed by atoms with E-state index in [4.69, 9.17) is 11.6 Å². The van der Waals surface area contributed by atoms with Crippen molar-refractivity contribution >= 4 is 27.0 Å². The molecular formula is C13H15ClN2O2S. The second-order valence-electron chi connectivity index (χ2n) is 5.14. The Kier molecular flexibility index (Phi) is 3.27. The van der Waals surface area contributed by atoms with Gasteiger partial charge < -0.3 is 4.40 Å². The Bertz CT molecular complexity index is 709. The maximum atomic E-state index is 11.7. The molecule has 0 N–H and O–H groups in total. The van der Waals surface area contributed by atoms with Gasteiger partial charge in [0.25, 0.3) is 0 Å². The molecule has 3 heterocycles. The van der Waals surface area contributed by atoms with Crippen molar-refractivity contribution in [2.24, 2.45) is 5.92 Å². The van der Waals surface area contributed by atoms with Crippen LogP contribution < -0.4 is 0 Å². The molecular weight excluding hydrogens is 284 g/mol. The molecule has 4 nitrogen and oxygen atoms in total. The summed E-state index contributed by atoms with van der Waals surface area (Å²) < 4.78 is 25.3. The van der Waals surface area contributed by atoms with Crippen molar-refractivity contribution in [1.82, 2.24) is 9.38 Å². The van der Waals surface area contributed by atoms with Crippen LogP contribution in [0, 0.1) is 5.92 Å². The SMILES string of the molecule is O=S1(=O)CCCC(Cc2ncc3cc(Cl)ccn23)C1. The quantitative estimate of drug-likeness (QED) is 0.855. The van der Waals surface area contributed by atoms with Crippen LogP contribution in [0.2, 0.25) is 5.02 Å². The lowest BCUT2D eigenvalue weighted by Crippen LogP contribution is -2.26. The molecule has 0 radical (unpaired) electrons. The first-order chi connectivity index (χ1) is 9.03. The van der Waals surface area contributed by atoms with Crippen molar-refractivity contribution in [3.8, 4) is 0 Å². The number of aromatic nitrogens is 2. The summed E-state index contributed by atoms with van der Waals surface area (Å²) in [6.07, 6.45) is 6.09. The van der Waals surface area contributed by atoms with Crippen LogP contribution in [0.25, 0.3) is 5.52 Å². The maximum Gasteiger partial charge on any atom is 0.150 e. The summed E-state index contributed by atoms with van der Waals surface area (Å²) >= 11 is 5.94. The molecule has 1 aliphatic heterocycles. The third kappa shape index (κ3) is 2.77. The minimum absolute atomic E-state index is 0.181. The fourth-order valence-electron chi connectivity index (χ4n) is 2.72. The first-order valence-electron chi connectivity index (χ1n) is 6.35. The highest BCUT2D eigenvalue weighted by molar-refractivity contribution is 7.91. The Balaban J connectivity index is 1.85. The minimum atomic E-state index is -2.85. The molecule has 1 unspecified atom stereocenters. The molecule has 102 valence electrons. The van der Waals surface area contributed by atoms with Gasteiger partial charge in [0.2, 0.25) is 0 Å². The van der Waals surface area contributed by atoms with Gasteiger partial charge in [-0.05, 0) is 30.9 Å². The van der Waals surface area contributed by atoms with Crippen molar-refractivity contribution < 1.29 is 8.42 Å². The summed E-state index contributed by atoms with van der Waals surface area (Å²) in [6, 6.07) is 3.67.